The molecule has 0 bridgehead atoms. The first-order valence-electron chi connectivity index (χ1n) is 10.2. The Morgan fingerprint density at radius 1 is 1.00 bits per heavy atom. The van der Waals surface area contributed by atoms with Crippen LogP contribution in [-0.2, 0) is 27.7 Å². The molecule has 0 radical (unpaired) electrons. The van der Waals surface area contributed by atoms with Gasteiger partial charge in [0.15, 0.2) is 0 Å². The molecule has 29 heavy (non-hydrogen) atoms. The SMILES string of the molecule is O=C(Nc1ccccc1Cl)[C@@H]1CCCCN1S(=O)(=O)c1ccc2c(c1)CCCC2. The van der Waals surface area contributed by atoms with Gasteiger partial charge in [-0.25, -0.2) is 8.42 Å². The number of anilines is 1. The number of halogens is 1. The van der Waals surface area contributed by atoms with Gasteiger partial charge in [-0.3, -0.25) is 4.79 Å². The van der Waals surface area contributed by atoms with Crippen LogP contribution in [0.4, 0.5) is 5.69 Å². The van der Waals surface area contributed by atoms with E-state index in [9.17, 15) is 13.2 Å². The highest BCUT2D eigenvalue weighted by molar-refractivity contribution is 7.89. The van der Waals surface area contributed by atoms with E-state index in [0.29, 0.717) is 23.7 Å². The summed E-state index contributed by atoms with van der Waals surface area (Å²) >= 11 is 6.15. The summed E-state index contributed by atoms with van der Waals surface area (Å²) in [4.78, 5) is 13.3. The van der Waals surface area contributed by atoms with Crippen LogP contribution in [0.5, 0.6) is 0 Å². The topological polar surface area (TPSA) is 66.5 Å². The van der Waals surface area contributed by atoms with Crippen molar-refractivity contribution in [3.8, 4) is 0 Å². The van der Waals surface area contributed by atoms with Crippen LogP contribution in [-0.4, -0.2) is 31.2 Å². The second-order valence-corrected chi connectivity index (χ2v) is 10.0. The van der Waals surface area contributed by atoms with Crippen LogP contribution in [0.25, 0.3) is 0 Å². The number of hydrogen-bond acceptors (Lipinski definition) is 3. The summed E-state index contributed by atoms with van der Waals surface area (Å²) in [5.74, 6) is -0.334. The van der Waals surface area contributed by atoms with Crippen LogP contribution < -0.4 is 5.32 Å². The molecule has 0 aromatic heterocycles. The summed E-state index contributed by atoms with van der Waals surface area (Å²) in [6.45, 7) is 0.347. The number of fused-ring (bicyclic) bond motifs is 1. The van der Waals surface area contributed by atoms with Crippen molar-refractivity contribution in [1.82, 2.24) is 4.31 Å². The Labute approximate surface area is 177 Å². The highest BCUT2D eigenvalue weighted by atomic mass is 35.5. The van der Waals surface area contributed by atoms with Gasteiger partial charge < -0.3 is 5.32 Å². The molecule has 5 nitrogen and oxygen atoms in total. The maximum atomic E-state index is 13.4. The van der Waals surface area contributed by atoms with Gasteiger partial charge in [-0.15, -0.1) is 0 Å². The first-order valence-corrected chi connectivity index (χ1v) is 12.0. The largest absolute Gasteiger partial charge is 0.323 e. The maximum absolute atomic E-state index is 13.4. The summed E-state index contributed by atoms with van der Waals surface area (Å²) in [6, 6.07) is 11.7. The first kappa shape index (κ1) is 20.4. The molecule has 0 unspecified atom stereocenters. The number of para-hydroxylation sites is 1. The fourth-order valence-electron chi connectivity index (χ4n) is 4.24. The molecule has 1 aliphatic heterocycles. The predicted molar refractivity (Wildman–Crippen MR) is 115 cm³/mol. The zero-order chi connectivity index (χ0) is 20.4. The lowest BCUT2D eigenvalue weighted by Crippen LogP contribution is -2.49. The van der Waals surface area contributed by atoms with Crippen molar-refractivity contribution in [2.75, 3.05) is 11.9 Å². The summed E-state index contributed by atoms with van der Waals surface area (Å²) < 4.78 is 28.2. The fraction of sp³-hybridized carbons (Fsp3) is 0.409. The van der Waals surface area contributed by atoms with Crippen molar-refractivity contribution in [3.63, 3.8) is 0 Å². The van der Waals surface area contributed by atoms with Gasteiger partial charge >= 0.3 is 0 Å². The van der Waals surface area contributed by atoms with Crippen molar-refractivity contribution in [1.29, 1.82) is 0 Å². The number of rotatable bonds is 4. The number of aryl methyl sites for hydroxylation is 2. The van der Waals surface area contributed by atoms with Crippen LogP contribution in [0.3, 0.4) is 0 Å². The van der Waals surface area contributed by atoms with Gasteiger partial charge in [-0.05, 0) is 73.9 Å². The smallest absolute Gasteiger partial charge is 0.243 e. The van der Waals surface area contributed by atoms with Crippen molar-refractivity contribution >= 4 is 33.2 Å². The van der Waals surface area contributed by atoms with E-state index in [-0.39, 0.29) is 10.8 Å². The molecule has 1 amide bonds. The second kappa shape index (κ2) is 8.46. The third-order valence-electron chi connectivity index (χ3n) is 5.81. The molecule has 0 spiro atoms. The zero-order valence-electron chi connectivity index (χ0n) is 16.2. The first-order chi connectivity index (χ1) is 14.0. The summed E-state index contributed by atoms with van der Waals surface area (Å²) in [5, 5.41) is 3.24. The monoisotopic (exact) mass is 432 g/mol. The number of sulfonamides is 1. The number of nitrogens with zero attached hydrogens (tertiary/aromatic N) is 1. The molecule has 7 heteroatoms. The molecule has 2 aromatic carbocycles. The van der Waals surface area contributed by atoms with Crippen LogP contribution in [0.15, 0.2) is 47.4 Å². The van der Waals surface area contributed by atoms with Crippen molar-refractivity contribution in [3.05, 3.63) is 58.6 Å². The molecule has 4 rings (SSSR count). The Bertz CT molecular complexity index is 1020. The van der Waals surface area contributed by atoms with Crippen molar-refractivity contribution in [2.24, 2.45) is 0 Å². The van der Waals surface area contributed by atoms with Gasteiger partial charge in [-0.1, -0.05) is 36.2 Å². The van der Waals surface area contributed by atoms with Gasteiger partial charge in [0, 0.05) is 6.54 Å². The van der Waals surface area contributed by atoms with Gasteiger partial charge in [0.25, 0.3) is 0 Å². The maximum Gasteiger partial charge on any atom is 0.243 e. The average Bonchev–Trinajstić information content (AvgIpc) is 2.75. The molecule has 1 aliphatic carbocycles. The van der Waals surface area contributed by atoms with E-state index in [4.69, 9.17) is 11.6 Å². The van der Waals surface area contributed by atoms with Crippen molar-refractivity contribution < 1.29 is 13.2 Å². The number of nitrogens with one attached hydrogen (secondary N) is 1. The summed E-state index contributed by atoms with van der Waals surface area (Å²) in [7, 11) is -3.75. The molecule has 154 valence electrons. The third-order valence-corrected chi connectivity index (χ3v) is 8.05. The van der Waals surface area contributed by atoms with E-state index in [1.165, 1.54) is 9.87 Å². The van der Waals surface area contributed by atoms with E-state index < -0.39 is 16.1 Å². The minimum Gasteiger partial charge on any atom is -0.323 e. The quantitative estimate of drug-likeness (QED) is 0.778. The lowest BCUT2D eigenvalue weighted by atomic mass is 9.92. The number of carbonyl (C=O) groups is 1. The average molecular weight is 433 g/mol. The number of piperidine rings is 1. The van der Waals surface area contributed by atoms with Crippen LogP contribution in [0.1, 0.15) is 43.2 Å². The molecular weight excluding hydrogens is 408 g/mol. The normalized spacial score (nSPS) is 20.1. The molecule has 1 atom stereocenters. The Morgan fingerprint density at radius 2 is 1.76 bits per heavy atom. The van der Waals surface area contributed by atoms with Crippen LogP contribution >= 0.6 is 11.6 Å². The van der Waals surface area contributed by atoms with Gasteiger partial charge in [0.05, 0.1) is 15.6 Å². The predicted octanol–water partition coefficient (Wildman–Crippen LogP) is 4.40. The molecule has 1 saturated heterocycles. The van der Waals surface area contributed by atoms with Gasteiger partial charge in [-0.2, -0.15) is 4.31 Å². The lowest BCUT2D eigenvalue weighted by molar-refractivity contribution is -0.120. The Hall–Kier alpha value is -1.89. The molecule has 1 N–H and O–H groups in total. The number of carbonyl (C=O) groups excluding carboxylic acids is 1. The van der Waals surface area contributed by atoms with Crippen molar-refractivity contribution in [2.45, 2.75) is 55.9 Å². The Kier molecular flexibility index (Phi) is 5.95. The third kappa shape index (κ3) is 4.20. The minimum atomic E-state index is -3.75. The molecule has 1 fully saturated rings. The van der Waals surface area contributed by atoms with Gasteiger partial charge in [0.1, 0.15) is 6.04 Å². The van der Waals surface area contributed by atoms with E-state index in [0.717, 1.165) is 44.1 Å². The standard InChI is InChI=1S/C22H25ClN2O3S/c23-19-9-3-4-10-20(19)24-22(26)21-11-5-6-14-25(21)29(27,28)18-13-12-16-7-1-2-8-17(16)15-18/h3-4,9-10,12-13,15,21H,1-2,5-8,11,14H2,(H,24,26)/t21-/m0/s1. The second-order valence-electron chi connectivity index (χ2n) is 7.73. The molecular formula is C22H25ClN2O3S. The Balaban J connectivity index is 1.61. The Morgan fingerprint density at radius 3 is 2.55 bits per heavy atom. The van der Waals surface area contributed by atoms with E-state index >= 15 is 0 Å². The number of benzene rings is 2. The van der Waals surface area contributed by atoms with E-state index in [1.54, 1.807) is 30.3 Å². The molecule has 0 saturated carbocycles. The van der Waals surface area contributed by atoms with E-state index in [2.05, 4.69) is 5.32 Å². The summed E-state index contributed by atoms with van der Waals surface area (Å²) in [6.07, 6.45) is 6.22. The molecule has 2 aliphatic rings. The zero-order valence-corrected chi connectivity index (χ0v) is 17.8. The minimum absolute atomic E-state index is 0.288. The molecule has 1 heterocycles. The fourth-order valence-corrected chi connectivity index (χ4v) is 6.13. The highest BCUT2D eigenvalue weighted by Crippen LogP contribution is 2.30. The van der Waals surface area contributed by atoms with Gasteiger partial charge in [0.2, 0.25) is 15.9 Å². The summed E-state index contributed by atoms with van der Waals surface area (Å²) in [5.41, 5.74) is 2.85. The molecule has 2 aromatic rings. The number of amides is 1. The number of hydrogen-bond donors (Lipinski definition) is 1. The lowest BCUT2D eigenvalue weighted by Gasteiger charge is -2.34. The van der Waals surface area contributed by atoms with Crippen LogP contribution in [0, 0.1) is 0 Å². The van der Waals surface area contributed by atoms with E-state index in [1.807, 2.05) is 12.1 Å². The highest BCUT2D eigenvalue weighted by Gasteiger charge is 2.38. The van der Waals surface area contributed by atoms with Crippen LogP contribution in [0.2, 0.25) is 5.02 Å².